The predicted octanol–water partition coefficient (Wildman–Crippen LogP) is 1.93. The highest BCUT2D eigenvalue weighted by molar-refractivity contribution is 5.12. The number of nitrogens with zero attached hydrogens (tertiary/aromatic N) is 6. The minimum Gasteiger partial charge on any atom is -0.337 e. The van der Waals surface area contributed by atoms with E-state index in [0.29, 0.717) is 18.0 Å². The maximum atomic E-state index is 5.99. The molecule has 140 valence electrons. The minimum atomic E-state index is 0.363. The van der Waals surface area contributed by atoms with Crippen molar-refractivity contribution in [2.45, 2.75) is 69.6 Å². The van der Waals surface area contributed by atoms with E-state index in [0.717, 1.165) is 44.9 Å². The van der Waals surface area contributed by atoms with Crippen LogP contribution in [-0.2, 0) is 13.1 Å². The third kappa shape index (κ3) is 3.30. The molecule has 3 aliphatic rings. The van der Waals surface area contributed by atoms with Crippen molar-refractivity contribution in [3.63, 3.8) is 0 Å². The maximum absolute atomic E-state index is 5.99. The first kappa shape index (κ1) is 16.4. The SMILES string of the molecule is NC1CC(c2nnc(CN3CCC(Cn4ccnc4)CC3)n2C2CC2)C1. The standard InChI is InChI=1S/C19H29N7/c20-16-9-15(10-16)19-23-22-18(26(19)17-1-2-17)12-24-6-3-14(4-7-24)11-25-8-5-21-13-25/h5,8,13-17H,1-4,6-7,9-12,20H2. The van der Waals surface area contributed by atoms with E-state index in [-0.39, 0.29) is 0 Å². The normalized spacial score (nSPS) is 27.6. The van der Waals surface area contributed by atoms with Gasteiger partial charge in [-0.25, -0.2) is 4.98 Å². The van der Waals surface area contributed by atoms with Crippen molar-refractivity contribution in [2.24, 2.45) is 11.7 Å². The van der Waals surface area contributed by atoms with E-state index in [4.69, 9.17) is 5.73 Å². The third-order valence-electron chi connectivity index (χ3n) is 6.34. The van der Waals surface area contributed by atoms with Gasteiger partial charge in [-0.05, 0) is 57.5 Å². The zero-order chi connectivity index (χ0) is 17.5. The molecule has 3 heterocycles. The highest BCUT2D eigenvalue weighted by Crippen LogP contribution is 2.42. The van der Waals surface area contributed by atoms with Crippen molar-refractivity contribution in [3.05, 3.63) is 30.4 Å². The summed E-state index contributed by atoms with van der Waals surface area (Å²) >= 11 is 0. The second kappa shape index (κ2) is 6.78. The molecule has 2 aromatic rings. The summed E-state index contributed by atoms with van der Waals surface area (Å²) in [7, 11) is 0. The predicted molar refractivity (Wildman–Crippen MR) is 98.5 cm³/mol. The van der Waals surface area contributed by atoms with Crippen molar-refractivity contribution >= 4 is 0 Å². The van der Waals surface area contributed by atoms with Gasteiger partial charge < -0.3 is 14.9 Å². The topological polar surface area (TPSA) is 77.8 Å². The molecule has 5 rings (SSSR count). The van der Waals surface area contributed by atoms with Crippen LogP contribution >= 0.6 is 0 Å². The van der Waals surface area contributed by atoms with Crippen LogP contribution in [0.5, 0.6) is 0 Å². The average molecular weight is 355 g/mol. The second-order valence-corrected chi connectivity index (χ2v) is 8.48. The fraction of sp³-hybridized carbons (Fsp3) is 0.737. The number of hydrogen-bond donors (Lipinski definition) is 1. The van der Waals surface area contributed by atoms with Gasteiger partial charge in [0.05, 0.1) is 12.9 Å². The van der Waals surface area contributed by atoms with E-state index in [1.165, 1.54) is 37.3 Å². The van der Waals surface area contributed by atoms with Gasteiger partial charge in [-0.15, -0.1) is 10.2 Å². The van der Waals surface area contributed by atoms with Crippen LogP contribution in [0.4, 0.5) is 0 Å². The van der Waals surface area contributed by atoms with E-state index in [1.54, 1.807) is 0 Å². The monoisotopic (exact) mass is 355 g/mol. The number of rotatable bonds is 6. The van der Waals surface area contributed by atoms with Crippen LogP contribution in [0.1, 0.15) is 62.1 Å². The Bertz CT molecular complexity index is 719. The molecule has 1 saturated heterocycles. The first-order chi connectivity index (χ1) is 12.8. The summed E-state index contributed by atoms with van der Waals surface area (Å²) in [6.07, 6.45) is 13.1. The molecular formula is C19H29N7. The fourth-order valence-corrected chi connectivity index (χ4v) is 4.55. The highest BCUT2D eigenvalue weighted by atomic mass is 15.3. The lowest BCUT2D eigenvalue weighted by molar-refractivity contribution is 0.162. The number of imidazole rings is 1. The molecule has 7 heteroatoms. The van der Waals surface area contributed by atoms with Crippen molar-refractivity contribution in [1.29, 1.82) is 0 Å². The van der Waals surface area contributed by atoms with E-state index in [9.17, 15) is 0 Å². The zero-order valence-corrected chi connectivity index (χ0v) is 15.4. The van der Waals surface area contributed by atoms with Crippen LogP contribution < -0.4 is 5.73 Å². The van der Waals surface area contributed by atoms with Crippen molar-refractivity contribution < 1.29 is 0 Å². The minimum absolute atomic E-state index is 0.363. The molecule has 3 fully saturated rings. The highest BCUT2D eigenvalue weighted by Gasteiger charge is 2.37. The van der Waals surface area contributed by atoms with Crippen LogP contribution in [0.15, 0.2) is 18.7 Å². The smallest absolute Gasteiger partial charge is 0.147 e. The van der Waals surface area contributed by atoms with Gasteiger partial charge in [0, 0.05) is 36.9 Å². The molecular weight excluding hydrogens is 326 g/mol. The number of piperidine rings is 1. The summed E-state index contributed by atoms with van der Waals surface area (Å²) in [6.45, 7) is 4.35. The Morgan fingerprint density at radius 2 is 1.88 bits per heavy atom. The number of likely N-dealkylation sites (tertiary alicyclic amines) is 1. The van der Waals surface area contributed by atoms with Crippen LogP contribution in [0, 0.1) is 5.92 Å². The Morgan fingerprint density at radius 3 is 2.54 bits per heavy atom. The zero-order valence-electron chi connectivity index (χ0n) is 15.4. The van der Waals surface area contributed by atoms with E-state index in [1.807, 2.05) is 12.5 Å². The Hall–Kier alpha value is -1.73. The quantitative estimate of drug-likeness (QED) is 0.857. The van der Waals surface area contributed by atoms with Gasteiger partial charge in [-0.3, -0.25) is 4.90 Å². The molecule has 0 aromatic carbocycles. The molecule has 2 aromatic heterocycles. The van der Waals surface area contributed by atoms with Crippen LogP contribution in [0.3, 0.4) is 0 Å². The molecule has 0 unspecified atom stereocenters. The molecule has 0 atom stereocenters. The van der Waals surface area contributed by atoms with Gasteiger partial charge in [-0.1, -0.05) is 0 Å². The van der Waals surface area contributed by atoms with Gasteiger partial charge >= 0.3 is 0 Å². The fourth-order valence-electron chi connectivity index (χ4n) is 4.55. The Balaban J connectivity index is 1.21. The summed E-state index contributed by atoms with van der Waals surface area (Å²) in [5.41, 5.74) is 5.99. The molecule has 0 spiro atoms. The van der Waals surface area contributed by atoms with Gasteiger partial charge in [0.2, 0.25) is 0 Å². The summed E-state index contributed by atoms with van der Waals surface area (Å²) < 4.78 is 4.67. The van der Waals surface area contributed by atoms with Crippen LogP contribution in [0.25, 0.3) is 0 Å². The van der Waals surface area contributed by atoms with Gasteiger partial charge in [0.15, 0.2) is 0 Å². The Kier molecular flexibility index (Phi) is 4.29. The molecule has 2 N–H and O–H groups in total. The van der Waals surface area contributed by atoms with Gasteiger partial charge in [0.25, 0.3) is 0 Å². The summed E-state index contributed by atoms with van der Waals surface area (Å²) in [5, 5.41) is 9.18. The van der Waals surface area contributed by atoms with E-state index >= 15 is 0 Å². The summed E-state index contributed by atoms with van der Waals surface area (Å²) in [5.74, 6) is 3.68. The number of hydrogen-bond acceptors (Lipinski definition) is 5. The lowest BCUT2D eigenvalue weighted by Gasteiger charge is -2.33. The molecule has 2 saturated carbocycles. The summed E-state index contributed by atoms with van der Waals surface area (Å²) in [6, 6.07) is 1.01. The molecule has 2 aliphatic carbocycles. The van der Waals surface area contributed by atoms with E-state index in [2.05, 4.69) is 35.4 Å². The number of aromatic nitrogens is 5. The average Bonchev–Trinajstić information content (AvgIpc) is 3.17. The van der Waals surface area contributed by atoms with Crippen LogP contribution in [-0.4, -0.2) is 48.3 Å². The van der Waals surface area contributed by atoms with Gasteiger partial charge in [0.1, 0.15) is 11.6 Å². The first-order valence-electron chi connectivity index (χ1n) is 10.1. The Labute approximate surface area is 154 Å². The van der Waals surface area contributed by atoms with Crippen molar-refractivity contribution in [1.82, 2.24) is 29.2 Å². The third-order valence-corrected chi connectivity index (χ3v) is 6.34. The molecule has 1 aliphatic heterocycles. The van der Waals surface area contributed by atoms with Crippen LogP contribution in [0.2, 0.25) is 0 Å². The molecule has 26 heavy (non-hydrogen) atoms. The van der Waals surface area contributed by atoms with Gasteiger partial charge in [-0.2, -0.15) is 0 Å². The molecule has 7 nitrogen and oxygen atoms in total. The first-order valence-corrected chi connectivity index (χ1v) is 10.1. The molecule has 0 bridgehead atoms. The lowest BCUT2D eigenvalue weighted by atomic mass is 9.80. The molecule has 0 radical (unpaired) electrons. The summed E-state index contributed by atoms with van der Waals surface area (Å²) in [4.78, 5) is 6.71. The van der Waals surface area contributed by atoms with Crippen molar-refractivity contribution in [3.8, 4) is 0 Å². The lowest BCUT2D eigenvalue weighted by Crippen LogP contribution is -2.37. The molecule has 0 amide bonds. The largest absolute Gasteiger partial charge is 0.337 e. The Morgan fingerprint density at radius 1 is 1.08 bits per heavy atom. The number of nitrogens with two attached hydrogens (primary N) is 1. The second-order valence-electron chi connectivity index (χ2n) is 8.48. The maximum Gasteiger partial charge on any atom is 0.147 e. The van der Waals surface area contributed by atoms with Crippen molar-refractivity contribution in [2.75, 3.05) is 13.1 Å². The van der Waals surface area contributed by atoms with E-state index < -0.39 is 0 Å².